The molecular formula is C4H7NO2. The largest absolute Gasteiger partial charge is 0.391 e. The molecule has 0 heterocycles. The Hall–Kier alpha value is -0.570. The zero-order valence-electron chi connectivity index (χ0n) is 3.79. The van der Waals surface area contributed by atoms with Crippen LogP contribution in [0.25, 0.3) is 0 Å². The van der Waals surface area contributed by atoms with Gasteiger partial charge in [-0.1, -0.05) is 0 Å². The van der Waals surface area contributed by atoms with E-state index in [2.05, 4.69) is 5.32 Å². The van der Waals surface area contributed by atoms with E-state index >= 15 is 0 Å². The lowest BCUT2D eigenvalue weighted by atomic mass is 10.7. The fourth-order valence-electron chi connectivity index (χ4n) is 0.448. The minimum absolute atomic E-state index is 0.0532. The van der Waals surface area contributed by atoms with E-state index in [-0.39, 0.29) is 12.1 Å². The monoisotopic (exact) mass is 101 g/mol. The highest BCUT2D eigenvalue weighted by molar-refractivity contribution is 5.47. The molecule has 0 radical (unpaired) electrons. The van der Waals surface area contributed by atoms with Crippen molar-refractivity contribution in [2.45, 2.75) is 18.6 Å². The maximum atomic E-state index is 9.58. The number of hydrogen-bond acceptors (Lipinski definition) is 2. The summed E-state index contributed by atoms with van der Waals surface area (Å²) in [5.74, 6) is 0. The van der Waals surface area contributed by atoms with Gasteiger partial charge in [-0.2, -0.15) is 0 Å². The SMILES string of the molecule is O=CN[C@@H]1C[C@H]1O. The second kappa shape index (κ2) is 1.50. The van der Waals surface area contributed by atoms with Gasteiger partial charge in [0.15, 0.2) is 0 Å². The van der Waals surface area contributed by atoms with Gasteiger partial charge in [0.25, 0.3) is 0 Å². The highest BCUT2D eigenvalue weighted by Crippen LogP contribution is 2.18. The predicted octanol–water partition coefficient (Wildman–Crippen LogP) is -1.13. The van der Waals surface area contributed by atoms with Gasteiger partial charge in [0.1, 0.15) is 0 Å². The first-order valence-corrected chi connectivity index (χ1v) is 2.22. The van der Waals surface area contributed by atoms with Gasteiger partial charge >= 0.3 is 0 Å². The summed E-state index contributed by atoms with van der Waals surface area (Å²) >= 11 is 0. The Balaban J connectivity index is 2.08. The van der Waals surface area contributed by atoms with Crippen LogP contribution in [0.4, 0.5) is 0 Å². The summed E-state index contributed by atoms with van der Waals surface area (Å²) in [5, 5.41) is 11.0. The average Bonchev–Trinajstić information content (AvgIpc) is 2.22. The Kier molecular flexibility index (Phi) is 0.982. The minimum Gasteiger partial charge on any atom is -0.391 e. The van der Waals surface area contributed by atoms with E-state index in [1.165, 1.54) is 0 Å². The molecule has 0 aromatic heterocycles. The molecule has 3 nitrogen and oxygen atoms in total. The van der Waals surface area contributed by atoms with Gasteiger partial charge in [-0.3, -0.25) is 4.79 Å². The van der Waals surface area contributed by atoms with Crippen LogP contribution in [-0.4, -0.2) is 23.7 Å². The van der Waals surface area contributed by atoms with Crippen molar-refractivity contribution < 1.29 is 9.90 Å². The van der Waals surface area contributed by atoms with E-state index in [1.54, 1.807) is 0 Å². The predicted molar refractivity (Wildman–Crippen MR) is 23.6 cm³/mol. The summed E-state index contributed by atoms with van der Waals surface area (Å²) in [6.45, 7) is 0. The number of amides is 1. The molecule has 0 spiro atoms. The van der Waals surface area contributed by atoms with Gasteiger partial charge in [0, 0.05) is 0 Å². The highest BCUT2D eigenvalue weighted by Gasteiger charge is 2.34. The van der Waals surface area contributed by atoms with Gasteiger partial charge in [-0.05, 0) is 6.42 Å². The Morgan fingerprint density at radius 2 is 2.43 bits per heavy atom. The summed E-state index contributed by atoms with van der Waals surface area (Å²) in [6, 6.07) is 0.0532. The van der Waals surface area contributed by atoms with E-state index in [4.69, 9.17) is 5.11 Å². The summed E-state index contributed by atoms with van der Waals surface area (Å²) in [4.78, 5) is 9.58. The molecule has 0 bridgehead atoms. The third kappa shape index (κ3) is 0.899. The molecule has 0 unspecified atom stereocenters. The van der Waals surface area contributed by atoms with Crippen molar-refractivity contribution in [3.8, 4) is 0 Å². The van der Waals surface area contributed by atoms with Crippen molar-refractivity contribution in [2.75, 3.05) is 0 Å². The second-order valence-electron chi connectivity index (χ2n) is 1.69. The maximum Gasteiger partial charge on any atom is 0.207 e. The first-order valence-electron chi connectivity index (χ1n) is 2.22. The molecule has 1 amide bonds. The number of carbonyl (C=O) groups is 1. The van der Waals surface area contributed by atoms with Crippen LogP contribution in [-0.2, 0) is 4.79 Å². The van der Waals surface area contributed by atoms with Gasteiger partial charge in [-0.15, -0.1) is 0 Å². The lowest BCUT2D eigenvalue weighted by Crippen LogP contribution is -2.16. The topological polar surface area (TPSA) is 49.3 Å². The third-order valence-corrected chi connectivity index (χ3v) is 1.04. The molecule has 3 heteroatoms. The molecule has 1 fully saturated rings. The summed E-state index contributed by atoms with van der Waals surface area (Å²) in [7, 11) is 0. The molecule has 2 atom stereocenters. The van der Waals surface area contributed by atoms with Crippen molar-refractivity contribution in [1.82, 2.24) is 5.32 Å². The van der Waals surface area contributed by atoms with Crippen LogP contribution in [0.15, 0.2) is 0 Å². The fraction of sp³-hybridized carbons (Fsp3) is 0.750. The standard InChI is InChI=1S/C4H7NO2/c6-2-5-3-1-4(3)7/h2-4,7H,1H2,(H,5,6)/t3-,4-/m1/s1. The van der Waals surface area contributed by atoms with Crippen LogP contribution in [0.5, 0.6) is 0 Å². The van der Waals surface area contributed by atoms with E-state index in [0.29, 0.717) is 6.41 Å². The minimum atomic E-state index is -0.273. The smallest absolute Gasteiger partial charge is 0.207 e. The van der Waals surface area contributed by atoms with Crippen LogP contribution in [0.3, 0.4) is 0 Å². The normalized spacial score (nSPS) is 37.3. The van der Waals surface area contributed by atoms with Crippen molar-refractivity contribution in [3.63, 3.8) is 0 Å². The lowest BCUT2D eigenvalue weighted by Gasteiger charge is -1.86. The van der Waals surface area contributed by atoms with Crippen LogP contribution in [0, 0.1) is 0 Å². The summed E-state index contributed by atoms with van der Waals surface area (Å²) < 4.78 is 0. The molecule has 1 aliphatic carbocycles. The van der Waals surface area contributed by atoms with E-state index < -0.39 is 0 Å². The molecular weight excluding hydrogens is 94.0 g/mol. The second-order valence-corrected chi connectivity index (χ2v) is 1.69. The third-order valence-electron chi connectivity index (χ3n) is 1.04. The maximum absolute atomic E-state index is 9.58. The number of aliphatic hydroxyl groups is 1. The Bertz CT molecular complexity index is 83.8. The lowest BCUT2D eigenvalue weighted by molar-refractivity contribution is -0.109. The fourth-order valence-corrected chi connectivity index (χ4v) is 0.448. The zero-order chi connectivity index (χ0) is 5.28. The van der Waals surface area contributed by atoms with Crippen molar-refractivity contribution in [1.29, 1.82) is 0 Å². The van der Waals surface area contributed by atoms with Gasteiger partial charge in [0.2, 0.25) is 6.41 Å². The van der Waals surface area contributed by atoms with Gasteiger partial charge in [-0.25, -0.2) is 0 Å². The number of nitrogens with one attached hydrogen (secondary N) is 1. The molecule has 0 saturated heterocycles. The Morgan fingerprint density at radius 1 is 1.86 bits per heavy atom. The Morgan fingerprint density at radius 3 is 2.57 bits per heavy atom. The molecule has 1 aliphatic rings. The van der Waals surface area contributed by atoms with E-state index in [1.807, 2.05) is 0 Å². The quantitative estimate of drug-likeness (QED) is 0.432. The Labute approximate surface area is 41.3 Å². The summed E-state index contributed by atoms with van der Waals surface area (Å²) in [5.41, 5.74) is 0. The van der Waals surface area contributed by atoms with Crippen molar-refractivity contribution in [3.05, 3.63) is 0 Å². The molecule has 2 N–H and O–H groups in total. The van der Waals surface area contributed by atoms with Gasteiger partial charge in [0.05, 0.1) is 12.1 Å². The van der Waals surface area contributed by atoms with Crippen LogP contribution in [0.1, 0.15) is 6.42 Å². The van der Waals surface area contributed by atoms with Crippen molar-refractivity contribution in [2.24, 2.45) is 0 Å². The molecule has 0 aliphatic heterocycles. The highest BCUT2D eigenvalue weighted by atomic mass is 16.3. The zero-order valence-corrected chi connectivity index (χ0v) is 3.79. The summed E-state index contributed by atoms with van der Waals surface area (Å²) in [6.07, 6.45) is 1.06. The van der Waals surface area contributed by atoms with Crippen molar-refractivity contribution >= 4 is 6.41 Å². The average molecular weight is 101 g/mol. The molecule has 0 aromatic carbocycles. The first kappa shape index (κ1) is 4.59. The molecule has 7 heavy (non-hydrogen) atoms. The number of rotatable bonds is 2. The van der Waals surface area contributed by atoms with Gasteiger partial charge < -0.3 is 10.4 Å². The molecule has 40 valence electrons. The number of aliphatic hydroxyl groups excluding tert-OH is 1. The van der Waals surface area contributed by atoms with Crippen LogP contribution in [0.2, 0.25) is 0 Å². The van der Waals surface area contributed by atoms with E-state index in [0.717, 1.165) is 6.42 Å². The molecule has 1 saturated carbocycles. The van der Waals surface area contributed by atoms with Crippen LogP contribution >= 0.6 is 0 Å². The first-order chi connectivity index (χ1) is 3.34. The van der Waals surface area contributed by atoms with Crippen LogP contribution < -0.4 is 5.32 Å². The van der Waals surface area contributed by atoms with E-state index in [9.17, 15) is 4.79 Å². The molecule has 0 aromatic rings. The molecule has 1 rings (SSSR count). The number of hydrogen-bond donors (Lipinski definition) is 2. The number of carbonyl (C=O) groups excluding carboxylic acids is 1.